The second-order valence-corrected chi connectivity index (χ2v) is 6.59. The molecule has 0 saturated heterocycles. The molecule has 0 aliphatic heterocycles. The Labute approximate surface area is 166 Å². The third-order valence-electron chi connectivity index (χ3n) is 4.54. The molecule has 0 bridgehead atoms. The zero-order valence-electron chi connectivity index (χ0n) is 16.3. The van der Waals surface area contributed by atoms with Crippen LogP contribution < -0.4 is 15.0 Å². The molecule has 1 aromatic heterocycles. The van der Waals surface area contributed by atoms with Gasteiger partial charge in [-0.15, -0.1) is 0 Å². The zero-order valence-corrected chi connectivity index (χ0v) is 16.3. The van der Waals surface area contributed by atoms with Crippen molar-refractivity contribution in [3.05, 3.63) is 89.7 Å². The highest BCUT2D eigenvalue weighted by Crippen LogP contribution is 2.16. The van der Waals surface area contributed by atoms with Crippen molar-refractivity contribution in [1.82, 2.24) is 10.3 Å². The molecule has 0 atom stereocenters. The standard InChI is InChI=1S/C23H25N3O2/c1-26(17-19-6-4-3-5-7-19)20-13-15-24-22(16-20)23(27)25-14-12-18-8-10-21(28-2)11-9-18/h3-11,13,15-16H,12,14,17H2,1-2H3,(H,25,27). The lowest BCUT2D eigenvalue weighted by atomic mass is 10.1. The van der Waals surface area contributed by atoms with E-state index in [9.17, 15) is 4.79 Å². The van der Waals surface area contributed by atoms with Gasteiger partial charge in [0.1, 0.15) is 11.4 Å². The minimum Gasteiger partial charge on any atom is -0.497 e. The Bertz CT molecular complexity index is 895. The highest BCUT2D eigenvalue weighted by Gasteiger charge is 2.10. The number of carbonyl (C=O) groups is 1. The molecule has 0 radical (unpaired) electrons. The summed E-state index contributed by atoms with van der Waals surface area (Å²) in [4.78, 5) is 18.8. The number of methoxy groups -OCH3 is 1. The smallest absolute Gasteiger partial charge is 0.269 e. The number of hydrogen-bond acceptors (Lipinski definition) is 4. The number of carbonyl (C=O) groups excluding carboxylic acids is 1. The number of hydrogen-bond donors (Lipinski definition) is 1. The predicted octanol–water partition coefficient (Wildman–Crippen LogP) is 3.70. The zero-order chi connectivity index (χ0) is 19.8. The first kappa shape index (κ1) is 19.4. The van der Waals surface area contributed by atoms with Gasteiger partial charge in [-0.05, 0) is 41.8 Å². The van der Waals surface area contributed by atoms with Gasteiger partial charge in [0.2, 0.25) is 0 Å². The molecule has 1 amide bonds. The van der Waals surface area contributed by atoms with E-state index in [1.807, 2.05) is 61.6 Å². The highest BCUT2D eigenvalue weighted by atomic mass is 16.5. The van der Waals surface area contributed by atoms with E-state index in [1.54, 1.807) is 13.3 Å². The maximum absolute atomic E-state index is 12.5. The fourth-order valence-corrected chi connectivity index (χ4v) is 2.93. The number of nitrogens with zero attached hydrogens (tertiary/aromatic N) is 2. The Morgan fingerprint density at radius 2 is 1.79 bits per heavy atom. The van der Waals surface area contributed by atoms with Gasteiger partial charge in [0, 0.05) is 32.0 Å². The summed E-state index contributed by atoms with van der Waals surface area (Å²) in [6.45, 7) is 1.32. The minimum atomic E-state index is -0.163. The lowest BCUT2D eigenvalue weighted by molar-refractivity contribution is 0.0949. The summed E-state index contributed by atoms with van der Waals surface area (Å²) in [6.07, 6.45) is 2.43. The lowest BCUT2D eigenvalue weighted by Gasteiger charge is -2.19. The molecule has 2 aromatic carbocycles. The van der Waals surface area contributed by atoms with Crippen LogP contribution in [0.1, 0.15) is 21.6 Å². The maximum Gasteiger partial charge on any atom is 0.269 e. The number of amides is 1. The number of anilines is 1. The quantitative estimate of drug-likeness (QED) is 0.652. The van der Waals surface area contributed by atoms with Crippen LogP contribution in [0.15, 0.2) is 72.9 Å². The molecule has 3 rings (SSSR count). The lowest BCUT2D eigenvalue weighted by Crippen LogP contribution is -2.27. The molecule has 0 unspecified atom stereocenters. The van der Waals surface area contributed by atoms with Crippen LogP contribution in [0, 0.1) is 0 Å². The van der Waals surface area contributed by atoms with E-state index in [1.165, 1.54) is 5.56 Å². The summed E-state index contributed by atoms with van der Waals surface area (Å²) in [5.41, 5.74) is 3.74. The summed E-state index contributed by atoms with van der Waals surface area (Å²) in [5.74, 6) is 0.664. The van der Waals surface area contributed by atoms with Crippen molar-refractivity contribution in [2.24, 2.45) is 0 Å². The molecule has 0 aliphatic carbocycles. The van der Waals surface area contributed by atoms with Gasteiger partial charge in [0.15, 0.2) is 0 Å². The molecular weight excluding hydrogens is 350 g/mol. The van der Waals surface area contributed by atoms with Gasteiger partial charge in [-0.3, -0.25) is 9.78 Å². The van der Waals surface area contributed by atoms with Crippen LogP contribution in [-0.4, -0.2) is 31.6 Å². The van der Waals surface area contributed by atoms with Gasteiger partial charge in [-0.2, -0.15) is 0 Å². The van der Waals surface area contributed by atoms with E-state index in [4.69, 9.17) is 4.74 Å². The summed E-state index contributed by atoms with van der Waals surface area (Å²) < 4.78 is 5.16. The average Bonchev–Trinajstić information content (AvgIpc) is 2.75. The Morgan fingerprint density at radius 1 is 1.04 bits per heavy atom. The van der Waals surface area contributed by atoms with Crippen molar-refractivity contribution >= 4 is 11.6 Å². The molecule has 144 valence electrons. The summed E-state index contributed by atoms with van der Waals surface area (Å²) in [7, 11) is 3.65. The van der Waals surface area contributed by atoms with Crippen LogP contribution in [0.25, 0.3) is 0 Å². The molecule has 0 spiro atoms. The largest absolute Gasteiger partial charge is 0.497 e. The van der Waals surface area contributed by atoms with Crippen molar-refractivity contribution in [3.63, 3.8) is 0 Å². The van der Waals surface area contributed by atoms with Crippen LogP contribution in [0.3, 0.4) is 0 Å². The van der Waals surface area contributed by atoms with E-state index >= 15 is 0 Å². The third kappa shape index (κ3) is 5.33. The van der Waals surface area contributed by atoms with Gasteiger partial charge in [0.25, 0.3) is 5.91 Å². The Kier molecular flexibility index (Phi) is 6.63. The van der Waals surface area contributed by atoms with Gasteiger partial charge < -0.3 is 15.0 Å². The molecule has 0 saturated carbocycles. The Hall–Kier alpha value is -3.34. The van der Waals surface area contributed by atoms with Crippen LogP contribution in [-0.2, 0) is 13.0 Å². The van der Waals surface area contributed by atoms with Crippen molar-refractivity contribution in [3.8, 4) is 5.75 Å². The van der Waals surface area contributed by atoms with Crippen molar-refractivity contribution < 1.29 is 9.53 Å². The van der Waals surface area contributed by atoms with E-state index in [0.717, 1.165) is 30.0 Å². The summed E-state index contributed by atoms with van der Waals surface area (Å²) in [5, 5.41) is 2.94. The van der Waals surface area contributed by atoms with Crippen LogP contribution in [0.2, 0.25) is 0 Å². The van der Waals surface area contributed by atoms with Gasteiger partial charge >= 0.3 is 0 Å². The number of pyridine rings is 1. The molecule has 3 aromatic rings. The first-order valence-corrected chi connectivity index (χ1v) is 9.28. The number of aromatic nitrogens is 1. The molecule has 0 fully saturated rings. The molecule has 1 heterocycles. The monoisotopic (exact) mass is 375 g/mol. The number of nitrogens with one attached hydrogen (secondary N) is 1. The van der Waals surface area contributed by atoms with Gasteiger partial charge in [0.05, 0.1) is 7.11 Å². The minimum absolute atomic E-state index is 0.163. The SMILES string of the molecule is COc1ccc(CCNC(=O)c2cc(N(C)Cc3ccccc3)ccn2)cc1. The number of ether oxygens (including phenoxy) is 1. The number of benzene rings is 2. The first-order valence-electron chi connectivity index (χ1n) is 9.28. The van der Waals surface area contributed by atoms with E-state index in [0.29, 0.717) is 12.2 Å². The molecule has 1 N–H and O–H groups in total. The van der Waals surface area contributed by atoms with E-state index in [2.05, 4.69) is 27.3 Å². The maximum atomic E-state index is 12.5. The molecule has 5 heteroatoms. The highest BCUT2D eigenvalue weighted by molar-refractivity contribution is 5.93. The predicted molar refractivity (Wildman–Crippen MR) is 112 cm³/mol. The Morgan fingerprint density at radius 3 is 2.50 bits per heavy atom. The normalized spacial score (nSPS) is 10.4. The van der Waals surface area contributed by atoms with Gasteiger partial charge in [-0.25, -0.2) is 0 Å². The summed E-state index contributed by atoms with van der Waals surface area (Å²) >= 11 is 0. The van der Waals surface area contributed by atoms with Crippen LogP contribution in [0.5, 0.6) is 5.75 Å². The van der Waals surface area contributed by atoms with Crippen LogP contribution in [0.4, 0.5) is 5.69 Å². The topological polar surface area (TPSA) is 54.5 Å². The van der Waals surface area contributed by atoms with Crippen molar-refractivity contribution in [2.45, 2.75) is 13.0 Å². The molecule has 0 aliphatic rings. The van der Waals surface area contributed by atoms with E-state index < -0.39 is 0 Å². The van der Waals surface area contributed by atoms with Crippen molar-refractivity contribution in [2.75, 3.05) is 25.6 Å². The van der Waals surface area contributed by atoms with E-state index in [-0.39, 0.29) is 5.91 Å². The fourth-order valence-electron chi connectivity index (χ4n) is 2.93. The molecular formula is C23H25N3O2. The third-order valence-corrected chi connectivity index (χ3v) is 4.54. The fraction of sp³-hybridized carbons (Fsp3) is 0.217. The summed E-state index contributed by atoms with van der Waals surface area (Å²) in [6, 6.07) is 21.8. The van der Waals surface area contributed by atoms with Gasteiger partial charge in [-0.1, -0.05) is 42.5 Å². The number of rotatable bonds is 8. The Balaban J connectivity index is 1.55. The van der Waals surface area contributed by atoms with Crippen molar-refractivity contribution in [1.29, 1.82) is 0 Å². The average molecular weight is 375 g/mol. The second kappa shape index (κ2) is 9.55. The van der Waals surface area contributed by atoms with Crippen LogP contribution >= 0.6 is 0 Å². The molecule has 5 nitrogen and oxygen atoms in total. The second-order valence-electron chi connectivity index (χ2n) is 6.59. The first-order chi connectivity index (χ1) is 13.7. The molecule has 28 heavy (non-hydrogen) atoms.